The van der Waals surface area contributed by atoms with Gasteiger partial charge in [0.05, 0.1) is 12.8 Å². The van der Waals surface area contributed by atoms with Crippen molar-refractivity contribution >= 4 is 32.9 Å². The first-order valence-electron chi connectivity index (χ1n) is 6.87. The number of nitrogens with zero attached hydrogens (tertiary/aromatic N) is 1. The van der Waals surface area contributed by atoms with Crippen LogP contribution in [-0.4, -0.2) is 44.6 Å². The summed E-state index contributed by atoms with van der Waals surface area (Å²) in [5.74, 6) is 1.38. The van der Waals surface area contributed by atoms with E-state index in [0.29, 0.717) is 12.5 Å². The van der Waals surface area contributed by atoms with Crippen molar-refractivity contribution in [3.63, 3.8) is 0 Å². The molecule has 0 aromatic rings. The van der Waals surface area contributed by atoms with Gasteiger partial charge in [-0.2, -0.15) is 0 Å². The fourth-order valence-corrected chi connectivity index (χ4v) is 3.79. The van der Waals surface area contributed by atoms with E-state index in [1.165, 1.54) is 6.26 Å². The Labute approximate surface area is 124 Å². The van der Waals surface area contributed by atoms with Crippen molar-refractivity contribution < 1.29 is 13.2 Å². The molecule has 0 bridgehead atoms. The smallest absolute Gasteiger partial charge is 0.229 e. The maximum Gasteiger partial charge on any atom is 0.229 e. The summed E-state index contributed by atoms with van der Waals surface area (Å²) in [7, 11) is -3.12. The maximum absolute atomic E-state index is 12.1. The van der Waals surface area contributed by atoms with Gasteiger partial charge in [0.15, 0.2) is 5.17 Å². The molecule has 1 amide bonds. The van der Waals surface area contributed by atoms with Gasteiger partial charge in [-0.1, -0.05) is 11.8 Å². The number of aliphatic imine (C=N–C) groups is 1. The summed E-state index contributed by atoms with van der Waals surface area (Å²) in [6.07, 6.45) is 4.59. The second-order valence-corrected chi connectivity index (χ2v) is 8.28. The molecular formula is C12H21N3O3S2. The highest BCUT2D eigenvalue weighted by Crippen LogP contribution is 2.28. The van der Waals surface area contributed by atoms with Crippen LogP contribution in [0, 0.1) is 11.8 Å². The van der Waals surface area contributed by atoms with Crippen LogP contribution in [0.2, 0.25) is 0 Å². The second kappa shape index (κ2) is 6.91. The summed E-state index contributed by atoms with van der Waals surface area (Å²) in [5.41, 5.74) is 0. The molecule has 1 aliphatic heterocycles. The van der Waals surface area contributed by atoms with Crippen LogP contribution in [0.1, 0.15) is 25.7 Å². The van der Waals surface area contributed by atoms with Gasteiger partial charge in [0.2, 0.25) is 15.9 Å². The lowest BCUT2D eigenvalue weighted by molar-refractivity contribution is -0.124. The Balaban J connectivity index is 1.72. The van der Waals surface area contributed by atoms with Crippen LogP contribution in [0.3, 0.4) is 0 Å². The molecule has 1 saturated carbocycles. The number of rotatable bonds is 4. The average molecular weight is 319 g/mol. The minimum atomic E-state index is -3.12. The van der Waals surface area contributed by atoms with Crippen LogP contribution in [0.5, 0.6) is 0 Å². The predicted molar refractivity (Wildman–Crippen MR) is 81.2 cm³/mol. The van der Waals surface area contributed by atoms with Gasteiger partial charge in [-0.3, -0.25) is 9.79 Å². The lowest BCUT2D eigenvalue weighted by Crippen LogP contribution is -2.37. The normalized spacial score (nSPS) is 27.1. The molecule has 6 nitrogen and oxygen atoms in total. The third kappa shape index (κ3) is 5.06. The number of carbonyl (C=O) groups excluding carboxylic acids is 1. The zero-order chi connectivity index (χ0) is 14.6. The molecule has 0 aromatic heterocycles. The van der Waals surface area contributed by atoms with Crippen LogP contribution in [0.25, 0.3) is 0 Å². The van der Waals surface area contributed by atoms with Crippen molar-refractivity contribution in [3.05, 3.63) is 0 Å². The van der Waals surface area contributed by atoms with Crippen LogP contribution in [0.15, 0.2) is 4.99 Å². The lowest BCUT2D eigenvalue weighted by atomic mass is 9.81. The maximum atomic E-state index is 12.1. The molecule has 0 aromatic carbocycles. The van der Waals surface area contributed by atoms with Crippen LogP contribution < -0.4 is 10.0 Å². The summed E-state index contributed by atoms with van der Waals surface area (Å²) < 4.78 is 24.6. The Kier molecular flexibility index (Phi) is 5.45. The molecule has 8 heteroatoms. The largest absolute Gasteiger partial charge is 0.305 e. The minimum absolute atomic E-state index is 0.0355. The Hall–Kier alpha value is -0.600. The Morgan fingerprint density at radius 1 is 1.35 bits per heavy atom. The highest BCUT2D eigenvalue weighted by Gasteiger charge is 2.27. The minimum Gasteiger partial charge on any atom is -0.305 e. The van der Waals surface area contributed by atoms with E-state index in [1.54, 1.807) is 11.8 Å². The Morgan fingerprint density at radius 2 is 2.05 bits per heavy atom. The van der Waals surface area contributed by atoms with Gasteiger partial charge in [-0.25, -0.2) is 13.1 Å². The van der Waals surface area contributed by atoms with Crippen LogP contribution in [0.4, 0.5) is 0 Å². The van der Waals surface area contributed by atoms with Crippen LogP contribution in [-0.2, 0) is 14.8 Å². The predicted octanol–water partition coefficient (Wildman–Crippen LogP) is 0.561. The molecule has 0 radical (unpaired) electrons. The van der Waals surface area contributed by atoms with Gasteiger partial charge >= 0.3 is 0 Å². The van der Waals surface area contributed by atoms with E-state index >= 15 is 0 Å². The molecule has 20 heavy (non-hydrogen) atoms. The van der Waals surface area contributed by atoms with Crippen molar-refractivity contribution in [2.75, 3.05) is 25.1 Å². The number of carbonyl (C=O) groups is 1. The van der Waals surface area contributed by atoms with Gasteiger partial charge < -0.3 is 5.32 Å². The van der Waals surface area contributed by atoms with Gasteiger partial charge in [0, 0.05) is 18.2 Å². The van der Waals surface area contributed by atoms with Gasteiger partial charge in [0.25, 0.3) is 0 Å². The van der Waals surface area contributed by atoms with E-state index in [2.05, 4.69) is 15.0 Å². The van der Waals surface area contributed by atoms with Crippen molar-refractivity contribution in [3.8, 4) is 0 Å². The quantitative estimate of drug-likeness (QED) is 0.792. The third-order valence-electron chi connectivity index (χ3n) is 3.67. The van der Waals surface area contributed by atoms with Crippen molar-refractivity contribution in [1.29, 1.82) is 0 Å². The molecule has 0 atom stereocenters. The molecule has 1 heterocycles. The van der Waals surface area contributed by atoms with Gasteiger partial charge in [0.1, 0.15) is 0 Å². The third-order valence-corrected chi connectivity index (χ3v) is 5.25. The van der Waals surface area contributed by atoms with E-state index in [0.717, 1.165) is 43.1 Å². The number of hydrogen-bond donors (Lipinski definition) is 2. The molecule has 1 fully saturated rings. The van der Waals surface area contributed by atoms with E-state index < -0.39 is 10.0 Å². The van der Waals surface area contributed by atoms with Crippen molar-refractivity contribution in [2.24, 2.45) is 16.8 Å². The molecule has 1 aliphatic carbocycles. The molecule has 0 saturated heterocycles. The molecular weight excluding hydrogens is 298 g/mol. The first kappa shape index (κ1) is 15.8. The summed E-state index contributed by atoms with van der Waals surface area (Å²) in [5, 5.41) is 3.63. The highest BCUT2D eigenvalue weighted by molar-refractivity contribution is 8.14. The average Bonchev–Trinajstić information content (AvgIpc) is 2.89. The number of sulfonamides is 1. The fourth-order valence-electron chi connectivity index (χ4n) is 2.52. The standard InChI is InChI=1S/C12H21N3O3S2/c1-20(17,18)14-8-9-2-4-10(5-3-9)11(16)15-12-13-6-7-19-12/h9-10,14H,2-8H2,1H3,(H,13,15,16). The monoisotopic (exact) mass is 319 g/mol. The number of thioether (sulfide) groups is 1. The molecule has 2 aliphatic rings. The zero-order valence-corrected chi connectivity index (χ0v) is 13.2. The summed E-state index contributed by atoms with van der Waals surface area (Å²) in [6.45, 7) is 1.26. The Bertz CT molecular complexity index is 482. The first-order chi connectivity index (χ1) is 9.44. The number of amides is 1. The van der Waals surface area contributed by atoms with Crippen molar-refractivity contribution in [1.82, 2.24) is 10.0 Å². The second-order valence-electron chi connectivity index (χ2n) is 5.36. The van der Waals surface area contributed by atoms with E-state index in [-0.39, 0.29) is 11.8 Å². The molecule has 0 spiro atoms. The molecule has 2 N–H and O–H groups in total. The lowest BCUT2D eigenvalue weighted by Gasteiger charge is -2.27. The topological polar surface area (TPSA) is 87.6 Å². The summed E-state index contributed by atoms with van der Waals surface area (Å²) in [4.78, 5) is 16.3. The van der Waals surface area contributed by atoms with Gasteiger partial charge in [-0.15, -0.1) is 0 Å². The first-order valence-corrected chi connectivity index (χ1v) is 9.74. The summed E-state index contributed by atoms with van der Waals surface area (Å²) in [6, 6.07) is 0. The SMILES string of the molecule is CS(=O)(=O)NCC1CCC(C(=O)NC2=NCCS2)CC1. The van der Waals surface area contributed by atoms with Gasteiger partial charge in [-0.05, 0) is 31.6 Å². The van der Waals surface area contributed by atoms with E-state index in [9.17, 15) is 13.2 Å². The Morgan fingerprint density at radius 3 is 2.60 bits per heavy atom. The number of amidine groups is 1. The molecule has 2 rings (SSSR count). The zero-order valence-electron chi connectivity index (χ0n) is 11.6. The molecule has 114 valence electrons. The van der Waals surface area contributed by atoms with E-state index in [4.69, 9.17) is 0 Å². The van der Waals surface area contributed by atoms with E-state index in [1.807, 2.05) is 0 Å². The van der Waals surface area contributed by atoms with Crippen LogP contribution >= 0.6 is 11.8 Å². The van der Waals surface area contributed by atoms with Crippen molar-refractivity contribution in [2.45, 2.75) is 25.7 Å². The fraction of sp³-hybridized carbons (Fsp3) is 0.833. The summed E-state index contributed by atoms with van der Waals surface area (Å²) >= 11 is 1.59. The highest BCUT2D eigenvalue weighted by atomic mass is 32.2. The molecule has 0 unspecified atom stereocenters. The number of hydrogen-bond acceptors (Lipinski definition) is 5. The number of nitrogens with one attached hydrogen (secondary N) is 2.